The van der Waals surface area contributed by atoms with Crippen molar-refractivity contribution >= 4 is 5.91 Å². The van der Waals surface area contributed by atoms with Crippen LogP contribution in [-0.2, 0) is 16.1 Å². The van der Waals surface area contributed by atoms with Gasteiger partial charge in [-0.2, -0.15) is 4.98 Å². The molecule has 0 unspecified atom stereocenters. The maximum absolute atomic E-state index is 11.9. The molecule has 1 amide bonds. The summed E-state index contributed by atoms with van der Waals surface area (Å²) in [4.78, 5) is 15.9. The first-order valence-corrected chi connectivity index (χ1v) is 7.51. The Bertz CT molecular complexity index is 590. The van der Waals surface area contributed by atoms with Crippen molar-refractivity contribution in [1.29, 1.82) is 0 Å². The lowest BCUT2D eigenvalue weighted by atomic mass is 9.98. The predicted octanol–water partition coefficient (Wildman–Crippen LogP) is 2.17. The first-order valence-electron chi connectivity index (χ1n) is 7.51. The Labute approximate surface area is 128 Å². The Morgan fingerprint density at radius 2 is 2.18 bits per heavy atom. The molecule has 1 aromatic carbocycles. The number of hydrogen-bond donors (Lipinski definition) is 1. The molecule has 6 nitrogen and oxygen atoms in total. The van der Waals surface area contributed by atoms with Gasteiger partial charge in [0.2, 0.25) is 18.1 Å². The molecule has 1 N–H and O–H groups in total. The molecule has 1 aliphatic rings. The number of benzene rings is 1. The average Bonchev–Trinajstić information content (AvgIpc) is 3.09. The summed E-state index contributed by atoms with van der Waals surface area (Å²) in [6.45, 7) is 2.05. The number of rotatable bonds is 5. The van der Waals surface area contributed by atoms with Gasteiger partial charge in [-0.15, -0.1) is 0 Å². The zero-order chi connectivity index (χ0) is 15.2. The second kappa shape index (κ2) is 7.17. The number of carbonyl (C=O) groups is 1. The Balaban J connectivity index is 1.47. The number of carbonyl (C=O) groups excluding carboxylic acids is 1. The van der Waals surface area contributed by atoms with E-state index in [0.717, 1.165) is 30.6 Å². The van der Waals surface area contributed by atoms with E-state index in [2.05, 4.69) is 15.5 Å². The van der Waals surface area contributed by atoms with E-state index in [1.807, 2.05) is 24.3 Å². The zero-order valence-electron chi connectivity index (χ0n) is 12.3. The third kappa shape index (κ3) is 3.92. The summed E-state index contributed by atoms with van der Waals surface area (Å²) < 4.78 is 10.1. The van der Waals surface area contributed by atoms with Crippen molar-refractivity contribution in [2.24, 2.45) is 5.92 Å². The van der Waals surface area contributed by atoms with E-state index in [0.29, 0.717) is 31.3 Å². The van der Waals surface area contributed by atoms with Crippen molar-refractivity contribution in [3.63, 3.8) is 0 Å². The van der Waals surface area contributed by atoms with Crippen LogP contribution >= 0.6 is 0 Å². The highest BCUT2D eigenvalue weighted by atomic mass is 16.5. The molecule has 1 atom stereocenters. The van der Waals surface area contributed by atoms with E-state index >= 15 is 0 Å². The van der Waals surface area contributed by atoms with Crippen molar-refractivity contribution < 1.29 is 14.1 Å². The van der Waals surface area contributed by atoms with Gasteiger partial charge in [0.25, 0.3) is 0 Å². The lowest BCUT2D eigenvalue weighted by Crippen LogP contribution is -2.28. The van der Waals surface area contributed by atoms with E-state index in [4.69, 9.17) is 9.26 Å². The summed E-state index contributed by atoms with van der Waals surface area (Å²) in [6.07, 6.45) is 3.97. The predicted molar refractivity (Wildman–Crippen MR) is 79.7 cm³/mol. The first-order chi connectivity index (χ1) is 10.8. The fourth-order valence-corrected chi connectivity index (χ4v) is 2.57. The third-order valence-electron chi connectivity index (χ3n) is 3.79. The lowest BCUT2D eigenvalue weighted by Gasteiger charge is -2.21. The average molecular weight is 301 g/mol. The molecule has 6 heteroatoms. The van der Waals surface area contributed by atoms with Crippen LogP contribution in [-0.4, -0.2) is 29.3 Å². The van der Waals surface area contributed by atoms with Crippen LogP contribution in [0.2, 0.25) is 0 Å². The van der Waals surface area contributed by atoms with Crippen LogP contribution in [0.25, 0.3) is 11.4 Å². The van der Waals surface area contributed by atoms with Crippen molar-refractivity contribution in [2.45, 2.75) is 25.8 Å². The van der Waals surface area contributed by atoms with Crippen molar-refractivity contribution in [3.8, 4) is 11.4 Å². The minimum absolute atomic E-state index is 0.0812. The van der Waals surface area contributed by atoms with Crippen LogP contribution in [0, 0.1) is 5.92 Å². The summed E-state index contributed by atoms with van der Waals surface area (Å²) in [6, 6.07) is 7.74. The molecule has 2 heterocycles. The van der Waals surface area contributed by atoms with Gasteiger partial charge in [-0.25, -0.2) is 0 Å². The minimum atomic E-state index is 0.0812. The van der Waals surface area contributed by atoms with Gasteiger partial charge >= 0.3 is 0 Å². The number of nitrogens with zero attached hydrogens (tertiary/aromatic N) is 2. The van der Waals surface area contributed by atoms with E-state index in [9.17, 15) is 4.79 Å². The number of hydrogen-bond acceptors (Lipinski definition) is 5. The molecule has 1 aliphatic heterocycles. The molecule has 0 aliphatic carbocycles. The Morgan fingerprint density at radius 1 is 1.32 bits per heavy atom. The normalized spacial score (nSPS) is 18.1. The highest BCUT2D eigenvalue weighted by Gasteiger charge is 2.17. The molecule has 0 saturated carbocycles. The minimum Gasteiger partial charge on any atom is -0.381 e. The molecule has 0 spiro atoms. The molecule has 1 fully saturated rings. The molecular formula is C16H19N3O3. The van der Waals surface area contributed by atoms with E-state index in [1.54, 1.807) is 0 Å². The lowest BCUT2D eigenvalue weighted by molar-refractivity contribution is -0.123. The van der Waals surface area contributed by atoms with Gasteiger partial charge in [0, 0.05) is 31.7 Å². The van der Waals surface area contributed by atoms with Gasteiger partial charge in [0.05, 0.1) is 0 Å². The van der Waals surface area contributed by atoms with E-state index in [-0.39, 0.29) is 5.91 Å². The van der Waals surface area contributed by atoms with E-state index in [1.165, 1.54) is 6.39 Å². The SMILES string of the molecule is O=C(C[C@@H]1CCCOC1)NCc1ccc(-c2ncon2)cc1. The Morgan fingerprint density at radius 3 is 2.86 bits per heavy atom. The molecule has 2 aromatic rings. The largest absolute Gasteiger partial charge is 0.381 e. The molecule has 1 saturated heterocycles. The van der Waals surface area contributed by atoms with Crippen molar-refractivity contribution in [2.75, 3.05) is 13.2 Å². The Hall–Kier alpha value is -2.21. The highest BCUT2D eigenvalue weighted by Crippen LogP contribution is 2.17. The smallest absolute Gasteiger partial charge is 0.220 e. The second-order valence-corrected chi connectivity index (χ2v) is 5.52. The van der Waals surface area contributed by atoms with Gasteiger partial charge in [-0.3, -0.25) is 4.79 Å². The monoisotopic (exact) mass is 301 g/mol. The first kappa shape index (κ1) is 14.7. The standard InChI is InChI=1S/C16H19N3O3/c20-15(8-13-2-1-7-21-10-13)17-9-12-3-5-14(6-4-12)16-18-11-22-19-16/h3-6,11,13H,1-2,7-10H2,(H,17,20)/t13-/m0/s1. The van der Waals surface area contributed by atoms with Crippen LogP contribution in [0.15, 0.2) is 35.2 Å². The molecule has 22 heavy (non-hydrogen) atoms. The van der Waals surface area contributed by atoms with Gasteiger partial charge in [0.15, 0.2) is 0 Å². The van der Waals surface area contributed by atoms with Crippen molar-refractivity contribution in [3.05, 3.63) is 36.2 Å². The molecule has 3 rings (SSSR count). The van der Waals surface area contributed by atoms with Crippen molar-refractivity contribution in [1.82, 2.24) is 15.5 Å². The highest BCUT2D eigenvalue weighted by molar-refractivity contribution is 5.76. The summed E-state index contributed by atoms with van der Waals surface area (Å²) in [5, 5.41) is 6.74. The number of aromatic nitrogens is 2. The molecule has 0 bridgehead atoms. The van der Waals surface area contributed by atoms with Gasteiger partial charge in [-0.05, 0) is 24.3 Å². The summed E-state index contributed by atoms with van der Waals surface area (Å²) in [5.41, 5.74) is 1.93. The van der Waals surface area contributed by atoms with Crippen LogP contribution in [0.4, 0.5) is 0 Å². The van der Waals surface area contributed by atoms with Crippen LogP contribution in [0.3, 0.4) is 0 Å². The fraction of sp³-hybridized carbons (Fsp3) is 0.438. The summed E-state index contributed by atoms with van der Waals surface area (Å²) in [7, 11) is 0. The maximum atomic E-state index is 11.9. The maximum Gasteiger partial charge on any atom is 0.220 e. The van der Waals surface area contributed by atoms with Gasteiger partial charge < -0.3 is 14.6 Å². The van der Waals surface area contributed by atoms with E-state index < -0.39 is 0 Å². The third-order valence-corrected chi connectivity index (χ3v) is 3.79. The molecule has 116 valence electrons. The summed E-state index contributed by atoms with van der Waals surface area (Å²) in [5.74, 6) is 1.000. The van der Waals surface area contributed by atoms with Gasteiger partial charge in [0.1, 0.15) is 0 Å². The molecular weight excluding hydrogens is 282 g/mol. The number of nitrogens with one attached hydrogen (secondary N) is 1. The second-order valence-electron chi connectivity index (χ2n) is 5.52. The summed E-state index contributed by atoms with van der Waals surface area (Å²) >= 11 is 0. The zero-order valence-corrected chi connectivity index (χ0v) is 12.3. The number of amides is 1. The fourth-order valence-electron chi connectivity index (χ4n) is 2.57. The van der Waals surface area contributed by atoms with Crippen LogP contribution in [0.1, 0.15) is 24.8 Å². The Kier molecular flexibility index (Phi) is 4.80. The molecule has 1 aromatic heterocycles. The van der Waals surface area contributed by atoms with Crippen LogP contribution < -0.4 is 5.32 Å². The molecule has 0 radical (unpaired) electrons. The topological polar surface area (TPSA) is 77.2 Å². The number of ether oxygens (including phenoxy) is 1. The van der Waals surface area contributed by atoms with Gasteiger partial charge in [-0.1, -0.05) is 29.4 Å². The quantitative estimate of drug-likeness (QED) is 0.915. The van der Waals surface area contributed by atoms with Crippen LogP contribution in [0.5, 0.6) is 0 Å².